The third-order valence-electron chi connectivity index (χ3n) is 2.90. The van der Waals surface area contributed by atoms with E-state index in [1.165, 1.54) is 0 Å². The summed E-state index contributed by atoms with van der Waals surface area (Å²) in [6.45, 7) is 2.01. The number of nitrogens with two attached hydrogens (primary N) is 1. The average molecular weight is 272 g/mol. The minimum atomic E-state index is -0.591. The molecule has 104 valence electrons. The highest BCUT2D eigenvalue weighted by atomic mass is 16.5. The molecule has 1 atom stereocenters. The maximum atomic E-state index is 10.9. The number of amides is 1. The molecule has 0 aliphatic carbocycles. The molecule has 2 rings (SSSR count). The molecule has 1 aromatic heterocycles. The fourth-order valence-electron chi connectivity index (χ4n) is 1.74. The van der Waals surface area contributed by atoms with Gasteiger partial charge in [-0.3, -0.25) is 4.79 Å². The van der Waals surface area contributed by atoms with Crippen LogP contribution in [0, 0.1) is 0 Å². The third kappa shape index (κ3) is 3.23. The molecule has 0 fully saturated rings. The van der Waals surface area contributed by atoms with E-state index >= 15 is 0 Å². The minimum Gasteiger partial charge on any atom is -0.497 e. The molecule has 1 unspecified atom stereocenters. The Morgan fingerprint density at radius 3 is 2.40 bits per heavy atom. The molecule has 0 radical (unpaired) electrons. The molecule has 3 N–H and O–H groups in total. The number of carbonyl (C=O) groups excluding carboxylic acids is 1. The first-order valence-electron chi connectivity index (χ1n) is 6.14. The SMILES string of the molecule is COc1ccc(C(C)Nc2ccc(C(N)=O)nn2)cc1. The quantitative estimate of drug-likeness (QED) is 0.865. The standard InChI is InChI=1S/C14H16N4O2/c1-9(10-3-5-11(20-2)6-4-10)16-13-8-7-12(14(15)19)17-18-13/h3-9H,1-2H3,(H2,15,19)(H,16,18). The highest BCUT2D eigenvalue weighted by Gasteiger charge is 2.08. The van der Waals surface area contributed by atoms with Crippen molar-refractivity contribution in [1.82, 2.24) is 10.2 Å². The molecule has 0 aliphatic heterocycles. The van der Waals surface area contributed by atoms with Crippen molar-refractivity contribution in [3.05, 3.63) is 47.7 Å². The number of nitrogens with one attached hydrogen (secondary N) is 1. The summed E-state index contributed by atoms with van der Waals surface area (Å²) in [4.78, 5) is 10.9. The van der Waals surface area contributed by atoms with Gasteiger partial charge in [-0.15, -0.1) is 10.2 Å². The fraction of sp³-hybridized carbons (Fsp3) is 0.214. The van der Waals surface area contributed by atoms with Gasteiger partial charge >= 0.3 is 0 Å². The molecule has 20 heavy (non-hydrogen) atoms. The number of benzene rings is 1. The van der Waals surface area contributed by atoms with Gasteiger partial charge in [-0.1, -0.05) is 12.1 Å². The summed E-state index contributed by atoms with van der Waals surface area (Å²) < 4.78 is 5.12. The zero-order valence-electron chi connectivity index (χ0n) is 11.3. The second-order valence-corrected chi connectivity index (χ2v) is 4.31. The van der Waals surface area contributed by atoms with Crippen molar-refractivity contribution in [3.63, 3.8) is 0 Å². The molecule has 0 spiro atoms. The van der Waals surface area contributed by atoms with Gasteiger partial charge in [0.25, 0.3) is 5.91 Å². The zero-order valence-corrected chi connectivity index (χ0v) is 11.3. The average Bonchev–Trinajstić information content (AvgIpc) is 2.48. The van der Waals surface area contributed by atoms with E-state index in [0.29, 0.717) is 5.82 Å². The second kappa shape index (κ2) is 6.01. The molecule has 6 heteroatoms. The summed E-state index contributed by atoms with van der Waals surface area (Å²) in [6.07, 6.45) is 0. The lowest BCUT2D eigenvalue weighted by Crippen LogP contribution is -2.15. The van der Waals surface area contributed by atoms with Crippen LogP contribution in [-0.2, 0) is 0 Å². The number of methoxy groups -OCH3 is 1. The Morgan fingerprint density at radius 2 is 1.90 bits per heavy atom. The normalized spacial score (nSPS) is 11.7. The number of hydrogen-bond acceptors (Lipinski definition) is 5. The Kier molecular flexibility index (Phi) is 4.14. The summed E-state index contributed by atoms with van der Waals surface area (Å²) in [5, 5.41) is 10.9. The van der Waals surface area contributed by atoms with Crippen molar-refractivity contribution in [2.75, 3.05) is 12.4 Å². The predicted octanol–water partition coefficient (Wildman–Crippen LogP) is 1.76. The summed E-state index contributed by atoms with van der Waals surface area (Å²) >= 11 is 0. The van der Waals surface area contributed by atoms with Crippen LogP contribution in [-0.4, -0.2) is 23.2 Å². The molecular weight excluding hydrogens is 256 g/mol. The van der Waals surface area contributed by atoms with Gasteiger partial charge in [0.1, 0.15) is 11.6 Å². The van der Waals surface area contributed by atoms with Gasteiger partial charge in [0, 0.05) is 0 Å². The van der Waals surface area contributed by atoms with Gasteiger partial charge in [-0.2, -0.15) is 0 Å². The number of nitrogens with zero attached hydrogens (tertiary/aromatic N) is 2. The van der Waals surface area contributed by atoms with Crippen LogP contribution < -0.4 is 15.8 Å². The Balaban J connectivity index is 2.06. The predicted molar refractivity (Wildman–Crippen MR) is 75.6 cm³/mol. The van der Waals surface area contributed by atoms with Crippen molar-refractivity contribution < 1.29 is 9.53 Å². The van der Waals surface area contributed by atoms with E-state index in [-0.39, 0.29) is 11.7 Å². The van der Waals surface area contributed by atoms with Gasteiger partial charge < -0.3 is 15.8 Å². The summed E-state index contributed by atoms with van der Waals surface area (Å²) in [6, 6.07) is 11.0. The lowest BCUT2D eigenvalue weighted by molar-refractivity contribution is 0.0994. The Hall–Kier alpha value is -2.63. The second-order valence-electron chi connectivity index (χ2n) is 4.31. The molecule has 2 aromatic rings. The highest BCUT2D eigenvalue weighted by Crippen LogP contribution is 2.20. The summed E-state index contributed by atoms with van der Waals surface area (Å²) in [7, 11) is 1.63. The molecule has 1 amide bonds. The number of anilines is 1. The van der Waals surface area contributed by atoms with E-state index in [9.17, 15) is 4.79 Å². The van der Waals surface area contributed by atoms with Gasteiger partial charge in [0.15, 0.2) is 5.69 Å². The maximum absolute atomic E-state index is 10.9. The van der Waals surface area contributed by atoms with E-state index < -0.39 is 5.91 Å². The van der Waals surface area contributed by atoms with E-state index in [1.54, 1.807) is 19.2 Å². The van der Waals surface area contributed by atoms with Crippen LogP contribution in [0.2, 0.25) is 0 Å². The van der Waals surface area contributed by atoms with Crippen molar-refractivity contribution in [2.45, 2.75) is 13.0 Å². The van der Waals surface area contributed by atoms with Crippen LogP contribution in [0.5, 0.6) is 5.75 Å². The highest BCUT2D eigenvalue weighted by molar-refractivity contribution is 5.90. The minimum absolute atomic E-state index is 0.0506. The van der Waals surface area contributed by atoms with Crippen LogP contribution in [0.15, 0.2) is 36.4 Å². The summed E-state index contributed by atoms with van der Waals surface area (Å²) in [5.41, 5.74) is 6.35. The van der Waals surface area contributed by atoms with Gasteiger partial charge in [0.05, 0.1) is 13.2 Å². The number of aromatic nitrogens is 2. The Labute approximate surface area is 117 Å². The van der Waals surface area contributed by atoms with Gasteiger partial charge in [-0.05, 0) is 36.8 Å². The van der Waals surface area contributed by atoms with Crippen molar-refractivity contribution >= 4 is 11.7 Å². The molecule has 1 aromatic carbocycles. The first kappa shape index (κ1) is 13.8. The smallest absolute Gasteiger partial charge is 0.269 e. The molecule has 0 saturated carbocycles. The number of primary amides is 1. The molecule has 0 saturated heterocycles. The number of ether oxygens (including phenoxy) is 1. The van der Waals surface area contributed by atoms with Crippen molar-refractivity contribution in [1.29, 1.82) is 0 Å². The molecule has 0 aliphatic rings. The molecule has 1 heterocycles. The van der Waals surface area contributed by atoms with E-state index in [4.69, 9.17) is 10.5 Å². The largest absolute Gasteiger partial charge is 0.497 e. The first-order chi connectivity index (χ1) is 9.60. The van der Waals surface area contributed by atoms with Crippen LogP contribution in [0.25, 0.3) is 0 Å². The number of carbonyl (C=O) groups is 1. The van der Waals surface area contributed by atoms with Crippen molar-refractivity contribution in [3.8, 4) is 5.75 Å². The van der Waals surface area contributed by atoms with Crippen LogP contribution >= 0.6 is 0 Å². The van der Waals surface area contributed by atoms with Crippen LogP contribution in [0.3, 0.4) is 0 Å². The monoisotopic (exact) mass is 272 g/mol. The van der Waals surface area contributed by atoms with E-state index in [1.807, 2.05) is 31.2 Å². The Morgan fingerprint density at radius 1 is 1.20 bits per heavy atom. The first-order valence-corrected chi connectivity index (χ1v) is 6.14. The van der Waals surface area contributed by atoms with E-state index in [0.717, 1.165) is 11.3 Å². The molecule has 6 nitrogen and oxygen atoms in total. The lowest BCUT2D eigenvalue weighted by Gasteiger charge is -2.14. The van der Waals surface area contributed by atoms with Crippen LogP contribution in [0.1, 0.15) is 29.0 Å². The molecular formula is C14H16N4O2. The maximum Gasteiger partial charge on any atom is 0.269 e. The Bertz CT molecular complexity index is 581. The number of hydrogen-bond donors (Lipinski definition) is 2. The lowest BCUT2D eigenvalue weighted by atomic mass is 10.1. The topological polar surface area (TPSA) is 90.1 Å². The van der Waals surface area contributed by atoms with Crippen molar-refractivity contribution in [2.24, 2.45) is 5.73 Å². The third-order valence-corrected chi connectivity index (χ3v) is 2.90. The summed E-state index contributed by atoms with van der Waals surface area (Å²) in [5.74, 6) is 0.803. The van der Waals surface area contributed by atoms with Crippen LogP contribution in [0.4, 0.5) is 5.82 Å². The van der Waals surface area contributed by atoms with E-state index in [2.05, 4.69) is 15.5 Å². The van der Waals surface area contributed by atoms with Gasteiger partial charge in [-0.25, -0.2) is 0 Å². The zero-order chi connectivity index (χ0) is 14.5. The fourth-order valence-corrected chi connectivity index (χ4v) is 1.74. The molecule has 0 bridgehead atoms. The number of rotatable bonds is 5. The van der Waals surface area contributed by atoms with Gasteiger partial charge in [0.2, 0.25) is 0 Å².